The Kier molecular flexibility index (Phi) is 5.38. The molecule has 0 amide bonds. The number of hydrogen-bond donors (Lipinski definition) is 0. The van der Waals surface area contributed by atoms with Gasteiger partial charge < -0.3 is 4.57 Å². The maximum Gasteiger partial charge on any atom is 0.277 e. The van der Waals surface area contributed by atoms with Gasteiger partial charge in [0.1, 0.15) is 0 Å². The summed E-state index contributed by atoms with van der Waals surface area (Å²) in [5.74, 6) is 0.0161. The Morgan fingerprint density at radius 1 is 1.10 bits per heavy atom. The van der Waals surface area contributed by atoms with Gasteiger partial charge in [-0.15, -0.1) is 0 Å². The molecule has 1 aromatic carbocycles. The monoisotopic (exact) mass is 435 g/mol. The predicted octanol–water partition coefficient (Wildman–Crippen LogP) is 4.64. The first-order valence-electron chi connectivity index (χ1n) is 10.8. The van der Waals surface area contributed by atoms with E-state index in [-0.39, 0.29) is 17.0 Å². The molecule has 3 aromatic heterocycles. The molecule has 0 saturated heterocycles. The Labute approximate surface area is 185 Å². The number of fused-ring (bicyclic) bond motifs is 2. The average Bonchev–Trinajstić information content (AvgIpc) is 3.16. The quantitative estimate of drug-likeness (QED) is 0.469. The highest BCUT2D eigenvalue weighted by molar-refractivity contribution is 7.15. The molecular weight excluding hydrogens is 406 g/mol. The van der Waals surface area contributed by atoms with Crippen molar-refractivity contribution < 1.29 is 0 Å². The van der Waals surface area contributed by atoms with Gasteiger partial charge in [0.15, 0.2) is 0 Å². The second kappa shape index (κ2) is 7.75. The van der Waals surface area contributed by atoms with Crippen LogP contribution in [0.2, 0.25) is 0 Å². The molecule has 4 rings (SSSR count). The minimum atomic E-state index is -0.282. The maximum atomic E-state index is 13.2. The molecule has 0 N–H and O–H groups in total. The first kappa shape index (κ1) is 21.5. The molecular formula is C25H29N3O2S. The molecule has 0 unspecified atom stereocenters. The summed E-state index contributed by atoms with van der Waals surface area (Å²) in [5, 5.41) is 1.13. The second-order valence-electron chi connectivity index (χ2n) is 8.70. The first-order chi connectivity index (χ1) is 14.7. The largest absolute Gasteiger partial charge is 0.341 e. The third-order valence-corrected chi connectivity index (χ3v) is 7.27. The standard InChI is InChI=1S/C25H29N3O2S/c1-8-15(5)27-17(7)19(18-11-9-10-14(4)22(18)27)12-20-23(29)28-24(30)21(13(2)3)16(6)26-25(28)31-20/h9-13,15H,8H2,1-7H3/b20-12-/t15-/m0/s1. The van der Waals surface area contributed by atoms with Crippen LogP contribution in [0.1, 0.15) is 74.2 Å². The van der Waals surface area contributed by atoms with E-state index in [0.717, 1.165) is 23.1 Å². The normalized spacial score (nSPS) is 13.7. The van der Waals surface area contributed by atoms with Crippen LogP contribution in [0, 0.1) is 20.8 Å². The maximum absolute atomic E-state index is 13.2. The van der Waals surface area contributed by atoms with Gasteiger partial charge in [-0.3, -0.25) is 9.59 Å². The number of para-hydroxylation sites is 1. The smallest absolute Gasteiger partial charge is 0.277 e. The lowest BCUT2D eigenvalue weighted by Crippen LogP contribution is -2.33. The highest BCUT2D eigenvalue weighted by atomic mass is 32.1. The van der Waals surface area contributed by atoms with E-state index >= 15 is 0 Å². The van der Waals surface area contributed by atoms with Crippen LogP contribution in [0.25, 0.3) is 21.9 Å². The number of nitrogens with zero attached hydrogens (tertiary/aromatic N) is 3. The van der Waals surface area contributed by atoms with E-state index < -0.39 is 0 Å². The molecule has 4 aromatic rings. The van der Waals surface area contributed by atoms with Crippen molar-refractivity contribution in [2.75, 3.05) is 0 Å². The summed E-state index contributed by atoms with van der Waals surface area (Å²) >= 11 is 1.29. The van der Waals surface area contributed by atoms with Gasteiger partial charge in [0, 0.05) is 33.9 Å². The molecule has 0 saturated carbocycles. The SMILES string of the molecule is CC[C@H](C)n1c(C)c(/C=c2\sc3nc(C)c(C(C)C)c(=O)n3c2=O)c2cccc(C)c21. The molecule has 5 nitrogen and oxygen atoms in total. The van der Waals surface area contributed by atoms with Crippen LogP contribution in [-0.4, -0.2) is 14.0 Å². The van der Waals surface area contributed by atoms with Crippen molar-refractivity contribution in [1.29, 1.82) is 0 Å². The molecule has 6 heteroatoms. The lowest BCUT2D eigenvalue weighted by Gasteiger charge is -2.16. The van der Waals surface area contributed by atoms with Crippen molar-refractivity contribution >= 4 is 33.3 Å². The molecule has 0 aliphatic rings. The van der Waals surface area contributed by atoms with E-state index in [2.05, 4.69) is 55.4 Å². The number of benzene rings is 1. The molecule has 0 fully saturated rings. The van der Waals surface area contributed by atoms with E-state index in [1.54, 1.807) is 0 Å². The van der Waals surface area contributed by atoms with Crippen molar-refractivity contribution in [1.82, 2.24) is 14.0 Å². The van der Waals surface area contributed by atoms with Gasteiger partial charge in [0.05, 0.1) is 10.0 Å². The zero-order chi connectivity index (χ0) is 22.6. The summed E-state index contributed by atoms with van der Waals surface area (Å²) < 4.78 is 4.16. The molecule has 0 aliphatic carbocycles. The van der Waals surface area contributed by atoms with E-state index in [4.69, 9.17) is 0 Å². The van der Waals surface area contributed by atoms with Gasteiger partial charge in [-0.1, -0.05) is 50.3 Å². The first-order valence-corrected chi connectivity index (χ1v) is 11.7. The number of aryl methyl sites for hydroxylation is 2. The van der Waals surface area contributed by atoms with Crippen LogP contribution in [0.3, 0.4) is 0 Å². The molecule has 0 bridgehead atoms. The second-order valence-corrected chi connectivity index (χ2v) is 9.71. The Hall–Kier alpha value is -2.73. The Balaban J connectivity index is 2.09. The molecule has 0 radical (unpaired) electrons. The van der Waals surface area contributed by atoms with Crippen LogP contribution in [0.15, 0.2) is 27.8 Å². The average molecular weight is 436 g/mol. The van der Waals surface area contributed by atoms with E-state index in [0.29, 0.717) is 26.8 Å². The van der Waals surface area contributed by atoms with Crippen LogP contribution in [0.4, 0.5) is 0 Å². The van der Waals surface area contributed by atoms with E-state index in [1.165, 1.54) is 26.8 Å². The number of hydrogen-bond acceptors (Lipinski definition) is 4. The third kappa shape index (κ3) is 3.24. The van der Waals surface area contributed by atoms with Crippen molar-refractivity contribution in [2.45, 2.75) is 66.8 Å². The Morgan fingerprint density at radius 2 is 1.81 bits per heavy atom. The fraction of sp³-hybridized carbons (Fsp3) is 0.400. The summed E-state index contributed by atoms with van der Waals surface area (Å²) in [6.45, 7) is 14.4. The molecule has 0 spiro atoms. The Bertz CT molecular complexity index is 1490. The van der Waals surface area contributed by atoms with Crippen LogP contribution in [0.5, 0.6) is 0 Å². The van der Waals surface area contributed by atoms with Crippen molar-refractivity contribution in [2.24, 2.45) is 0 Å². The lowest BCUT2D eigenvalue weighted by molar-refractivity contribution is 0.536. The van der Waals surface area contributed by atoms with E-state index in [1.807, 2.05) is 26.8 Å². The number of thiazole rings is 1. The summed E-state index contributed by atoms with van der Waals surface area (Å²) in [5.41, 5.74) is 5.39. The Morgan fingerprint density at radius 3 is 2.45 bits per heavy atom. The molecule has 1 atom stereocenters. The minimum Gasteiger partial charge on any atom is -0.341 e. The van der Waals surface area contributed by atoms with Crippen LogP contribution < -0.4 is 15.7 Å². The van der Waals surface area contributed by atoms with Gasteiger partial charge in [-0.2, -0.15) is 0 Å². The number of rotatable bonds is 4. The van der Waals surface area contributed by atoms with Gasteiger partial charge in [0.25, 0.3) is 11.1 Å². The summed E-state index contributed by atoms with van der Waals surface area (Å²) in [4.78, 5) is 31.3. The van der Waals surface area contributed by atoms with Crippen LogP contribution >= 0.6 is 11.3 Å². The molecule has 31 heavy (non-hydrogen) atoms. The summed E-state index contributed by atoms with van der Waals surface area (Å²) in [6.07, 6.45) is 2.96. The topological polar surface area (TPSA) is 56.4 Å². The molecule has 0 aliphatic heterocycles. The van der Waals surface area contributed by atoms with Crippen LogP contribution in [-0.2, 0) is 0 Å². The van der Waals surface area contributed by atoms with E-state index in [9.17, 15) is 9.59 Å². The highest BCUT2D eigenvalue weighted by Gasteiger charge is 2.19. The van der Waals surface area contributed by atoms with Crippen molar-refractivity contribution in [3.8, 4) is 0 Å². The highest BCUT2D eigenvalue weighted by Crippen LogP contribution is 2.32. The fourth-order valence-corrected chi connectivity index (χ4v) is 5.60. The summed E-state index contributed by atoms with van der Waals surface area (Å²) in [6, 6.07) is 6.65. The zero-order valence-electron chi connectivity index (χ0n) is 19.2. The lowest BCUT2D eigenvalue weighted by atomic mass is 10.0. The fourth-order valence-electron chi connectivity index (χ4n) is 4.61. The molecule has 3 heterocycles. The van der Waals surface area contributed by atoms with Gasteiger partial charge in [0.2, 0.25) is 4.96 Å². The van der Waals surface area contributed by atoms with Crippen molar-refractivity contribution in [3.63, 3.8) is 0 Å². The summed E-state index contributed by atoms with van der Waals surface area (Å²) in [7, 11) is 0. The van der Waals surface area contributed by atoms with Gasteiger partial charge in [-0.05, 0) is 51.7 Å². The predicted molar refractivity (Wildman–Crippen MR) is 130 cm³/mol. The van der Waals surface area contributed by atoms with Gasteiger partial charge >= 0.3 is 0 Å². The van der Waals surface area contributed by atoms with Gasteiger partial charge in [-0.25, -0.2) is 9.38 Å². The van der Waals surface area contributed by atoms with Crippen molar-refractivity contribution in [3.05, 3.63) is 71.5 Å². The number of aromatic nitrogens is 3. The minimum absolute atomic E-state index is 0.0161. The third-order valence-electron chi connectivity index (χ3n) is 6.30. The zero-order valence-corrected chi connectivity index (χ0v) is 20.1. The molecule has 162 valence electrons.